The van der Waals surface area contributed by atoms with E-state index < -0.39 is 24.2 Å². The van der Waals surface area contributed by atoms with Crippen LogP contribution in [0.25, 0.3) is 10.9 Å². The van der Waals surface area contributed by atoms with E-state index >= 15 is 0 Å². The molecule has 0 saturated heterocycles. The lowest BCUT2D eigenvalue weighted by Crippen LogP contribution is -2.56. The normalized spacial score (nSPS) is 14.1. The minimum absolute atomic E-state index is 0.647. The second-order valence-corrected chi connectivity index (χ2v) is 25.8. The first-order valence-electron chi connectivity index (χ1n) is 8.31. The molecule has 0 spiro atoms. The maximum atomic E-state index is 5.13. The topological polar surface area (TPSA) is 17.8 Å². The van der Waals surface area contributed by atoms with Crippen LogP contribution in [0.1, 0.15) is 5.29 Å². The van der Waals surface area contributed by atoms with Crippen molar-refractivity contribution in [1.29, 1.82) is 0 Å². The summed E-state index contributed by atoms with van der Waals surface area (Å²) in [5.74, 6) is 0. The van der Waals surface area contributed by atoms with Crippen molar-refractivity contribution in [1.82, 2.24) is 9.78 Å². The van der Waals surface area contributed by atoms with Gasteiger partial charge in [-0.2, -0.15) is 5.10 Å². The van der Waals surface area contributed by atoms with Crippen LogP contribution in [-0.4, -0.2) is 34.0 Å². The Morgan fingerprint density at radius 3 is 1.77 bits per heavy atom. The zero-order chi connectivity index (χ0) is 16.9. The summed E-state index contributed by atoms with van der Waals surface area (Å²) in [6.45, 7) is 22.4. The largest absolute Gasteiger partial charge is 0.276 e. The molecule has 1 heterocycles. The molecular formula is C17H32N2Si3. The molecule has 2 aromatic rings. The highest BCUT2D eigenvalue weighted by Crippen LogP contribution is 2.32. The Balaban J connectivity index is 2.84. The number of fused-ring (bicyclic) bond motifs is 1. The van der Waals surface area contributed by atoms with Gasteiger partial charge in [0.2, 0.25) is 0 Å². The average Bonchev–Trinajstić information content (AvgIpc) is 2.61. The first kappa shape index (κ1) is 17.7. The summed E-state index contributed by atoms with van der Waals surface area (Å²) in [5, 5.41) is 8.73. The summed E-state index contributed by atoms with van der Waals surface area (Å²) < 4.78 is 2.51. The number of nitrogens with zero attached hydrogens (tertiary/aromatic N) is 2. The third-order valence-electron chi connectivity index (χ3n) is 4.20. The number of benzene rings is 1. The minimum Gasteiger partial charge on any atom is -0.276 e. The van der Waals surface area contributed by atoms with Crippen LogP contribution in [0.4, 0.5) is 0 Å². The Bertz CT molecular complexity index is 656. The van der Waals surface area contributed by atoms with E-state index in [1.807, 2.05) is 0 Å². The molecule has 0 aliphatic heterocycles. The van der Waals surface area contributed by atoms with Crippen molar-refractivity contribution in [3.05, 3.63) is 24.3 Å². The van der Waals surface area contributed by atoms with E-state index in [-0.39, 0.29) is 0 Å². The third-order valence-corrected chi connectivity index (χ3v) is 15.1. The number of rotatable bonds is 4. The highest BCUT2D eigenvalue weighted by atomic mass is 28.4. The van der Waals surface area contributed by atoms with E-state index in [9.17, 15) is 0 Å². The van der Waals surface area contributed by atoms with E-state index in [2.05, 4.69) is 87.9 Å². The lowest BCUT2D eigenvalue weighted by Gasteiger charge is -2.40. The van der Waals surface area contributed by atoms with Crippen LogP contribution in [0, 0.1) is 0 Å². The molecule has 1 aromatic heterocycles. The molecule has 0 saturated carbocycles. The SMILES string of the molecule is C[Si](C)(C)c1c2ccccc2nn1C([Si](C)(C)C)[Si](C)(C)C. The van der Waals surface area contributed by atoms with Gasteiger partial charge in [-0.15, -0.1) is 0 Å². The molecule has 22 heavy (non-hydrogen) atoms. The van der Waals surface area contributed by atoms with E-state index in [1.165, 1.54) is 10.9 Å². The van der Waals surface area contributed by atoms with Crippen molar-refractivity contribution in [2.75, 3.05) is 0 Å². The summed E-state index contributed by atoms with van der Waals surface area (Å²) in [5.41, 5.74) is 1.18. The minimum atomic E-state index is -1.47. The molecular weight excluding hydrogens is 316 g/mol. The molecule has 1 aromatic carbocycles. The smallest absolute Gasteiger partial charge is 0.102 e. The maximum Gasteiger partial charge on any atom is 0.102 e. The number of hydrogen-bond donors (Lipinski definition) is 0. The molecule has 0 radical (unpaired) electrons. The zero-order valence-corrected chi connectivity index (χ0v) is 18.8. The van der Waals surface area contributed by atoms with Crippen molar-refractivity contribution in [3.8, 4) is 0 Å². The summed E-state index contributed by atoms with van der Waals surface area (Å²) >= 11 is 0. The molecule has 0 atom stereocenters. The molecule has 0 aliphatic carbocycles. The van der Waals surface area contributed by atoms with E-state index in [0.717, 1.165) is 0 Å². The quantitative estimate of drug-likeness (QED) is 0.720. The molecule has 5 heteroatoms. The molecule has 122 valence electrons. The van der Waals surface area contributed by atoms with Gasteiger partial charge in [-0.25, -0.2) is 0 Å². The van der Waals surface area contributed by atoms with Crippen LogP contribution in [0.15, 0.2) is 24.3 Å². The molecule has 0 amide bonds. The van der Waals surface area contributed by atoms with Crippen LogP contribution in [0.3, 0.4) is 0 Å². The maximum absolute atomic E-state index is 5.13. The molecule has 0 unspecified atom stereocenters. The van der Waals surface area contributed by atoms with Gasteiger partial charge in [0, 0.05) is 16.0 Å². The van der Waals surface area contributed by atoms with Gasteiger partial charge in [0.25, 0.3) is 0 Å². The van der Waals surface area contributed by atoms with Gasteiger partial charge in [-0.1, -0.05) is 77.1 Å². The monoisotopic (exact) mass is 348 g/mol. The van der Waals surface area contributed by atoms with E-state index in [4.69, 9.17) is 5.10 Å². The standard InChI is InChI=1S/C17H32N2Si3/c1-20(2,3)16-14-12-10-11-13-15(14)18-19(16)17(21(4,5)6)22(7,8)9/h10-13,17H,1-9H3. The lowest BCUT2D eigenvalue weighted by molar-refractivity contribution is 0.706. The van der Waals surface area contributed by atoms with Crippen molar-refractivity contribution < 1.29 is 0 Å². The molecule has 0 N–H and O–H groups in total. The van der Waals surface area contributed by atoms with Crippen molar-refractivity contribution in [3.63, 3.8) is 0 Å². The highest BCUT2D eigenvalue weighted by Gasteiger charge is 2.42. The van der Waals surface area contributed by atoms with E-state index in [0.29, 0.717) is 5.29 Å². The fourth-order valence-electron chi connectivity index (χ4n) is 4.02. The van der Waals surface area contributed by atoms with Gasteiger partial charge in [-0.3, -0.25) is 4.68 Å². The Hall–Kier alpha value is -0.659. The van der Waals surface area contributed by atoms with Crippen molar-refractivity contribution in [2.45, 2.75) is 64.2 Å². The third kappa shape index (κ3) is 3.31. The van der Waals surface area contributed by atoms with Gasteiger partial charge < -0.3 is 0 Å². The Labute approximate surface area is 139 Å². The fraction of sp³-hybridized carbons (Fsp3) is 0.588. The van der Waals surface area contributed by atoms with Crippen LogP contribution in [0.2, 0.25) is 58.9 Å². The first-order valence-corrected chi connectivity index (χ1v) is 19.0. The van der Waals surface area contributed by atoms with Crippen LogP contribution in [-0.2, 0) is 0 Å². The Morgan fingerprint density at radius 1 is 0.818 bits per heavy atom. The van der Waals surface area contributed by atoms with Crippen molar-refractivity contribution in [2.24, 2.45) is 0 Å². The fourth-order valence-corrected chi connectivity index (χ4v) is 18.4. The Kier molecular flexibility index (Phi) is 4.39. The van der Waals surface area contributed by atoms with Gasteiger partial charge in [-0.05, 0) is 6.07 Å². The predicted molar refractivity (Wildman–Crippen MR) is 108 cm³/mol. The summed E-state index contributed by atoms with van der Waals surface area (Å²) in [6.07, 6.45) is 0. The highest BCUT2D eigenvalue weighted by molar-refractivity contribution is 6.96. The van der Waals surface area contributed by atoms with Crippen LogP contribution >= 0.6 is 0 Å². The van der Waals surface area contributed by atoms with Crippen molar-refractivity contribution >= 4 is 40.4 Å². The molecule has 2 rings (SSSR count). The summed E-state index contributed by atoms with van der Waals surface area (Å²) in [6, 6.07) is 8.74. The molecule has 0 fully saturated rings. The first-order chi connectivity index (χ1) is 9.83. The average molecular weight is 349 g/mol. The lowest BCUT2D eigenvalue weighted by atomic mass is 10.3. The second kappa shape index (κ2) is 5.46. The van der Waals surface area contributed by atoms with Crippen LogP contribution < -0.4 is 5.32 Å². The number of hydrogen-bond acceptors (Lipinski definition) is 1. The molecule has 2 nitrogen and oxygen atoms in total. The van der Waals surface area contributed by atoms with Gasteiger partial charge >= 0.3 is 0 Å². The van der Waals surface area contributed by atoms with Gasteiger partial charge in [0.15, 0.2) is 0 Å². The second-order valence-electron chi connectivity index (χ2n) is 9.69. The molecule has 0 bridgehead atoms. The zero-order valence-electron chi connectivity index (χ0n) is 15.8. The Morgan fingerprint density at radius 2 is 1.32 bits per heavy atom. The van der Waals surface area contributed by atoms with Crippen LogP contribution in [0.5, 0.6) is 0 Å². The number of aromatic nitrogens is 2. The predicted octanol–water partition coefficient (Wildman–Crippen LogP) is 4.88. The van der Waals surface area contributed by atoms with Gasteiger partial charge in [0.05, 0.1) is 21.7 Å². The van der Waals surface area contributed by atoms with E-state index in [1.54, 1.807) is 5.32 Å². The molecule has 0 aliphatic rings. The summed E-state index contributed by atoms with van der Waals surface area (Å²) in [4.78, 5) is 0. The van der Waals surface area contributed by atoms with Gasteiger partial charge in [0.1, 0.15) is 8.07 Å². The summed E-state index contributed by atoms with van der Waals surface area (Å²) in [7, 11) is -4.17.